The monoisotopic (exact) mass is 280 g/mol. The summed E-state index contributed by atoms with van der Waals surface area (Å²) in [4.78, 5) is 0. The first-order valence-electron chi connectivity index (χ1n) is 3.32. The third kappa shape index (κ3) is 1.87. The number of aromatic nitrogens is 2. The third-order valence-electron chi connectivity index (χ3n) is 1.51. The van der Waals surface area contributed by atoms with Gasteiger partial charge in [-0.3, -0.25) is 4.68 Å². The summed E-state index contributed by atoms with van der Waals surface area (Å²) in [7, 11) is 0. The Morgan fingerprint density at radius 3 is 3.00 bits per heavy atom. The number of nitrogens with zero attached hydrogens (tertiary/aromatic N) is 3. The summed E-state index contributed by atoms with van der Waals surface area (Å²) in [6.45, 7) is 1.80. The lowest BCUT2D eigenvalue weighted by atomic mass is 10.3. The van der Waals surface area contributed by atoms with Gasteiger partial charge in [0, 0.05) is 6.20 Å². The van der Waals surface area contributed by atoms with Gasteiger partial charge in [-0.25, -0.2) is 0 Å². The highest BCUT2D eigenvalue weighted by atomic mass is 127. The molecule has 66 valence electrons. The van der Waals surface area contributed by atoms with Crippen LogP contribution in [0.2, 0.25) is 0 Å². The molecule has 5 nitrogen and oxygen atoms in total. The van der Waals surface area contributed by atoms with Crippen LogP contribution in [0.4, 0.5) is 0 Å². The summed E-state index contributed by atoms with van der Waals surface area (Å²) in [5.41, 5.74) is 5.39. The highest BCUT2D eigenvalue weighted by molar-refractivity contribution is 14.1. The van der Waals surface area contributed by atoms with Gasteiger partial charge in [0.05, 0.1) is 9.77 Å². The van der Waals surface area contributed by atoms with Gasteiger partial charge in [0.1, 0.15) is 6.04 Å². The van der Waals surface area contributed by atoms with Crippen LogP contribution in [0.5, 0.6) is 0 Å². The zero-order chi connectivity index (χ0) is 9.14. The Hall–Kier alpha value is -0.790. The molecule has 0 amide bonds. The van der Waals surface area contributed by atoms with Crippen LogP contribution in [0.15, 0.2) is 17.5 Å². The lowest BCUT2D eigenvalue weighted by Gasteiger charge is -2.08. The molecule has 6 heteroatoms. The predicted octanol–water partition coefficient (Wildman–Crippen LogP) is 0.795. The van der Waals surface area contributed by atoms with Gasteiger partial charge in [-0.1, -0.05) is 5.16 Å². The van der Waals surface area contributed by atoms with E-state index in [0.717, 1.165) is 3.57 Å². The Bertz CT molecular complexity index is 295. The lowest BCUT2D eigenvalue weighted by molar-refractivity contribution is 0.313. The fourth-order valence-electron chi connectivity index (χ4n) is 0.746. The topological polar surface area (TPSA) is 76.4 Å². The van der Waals surface area contributed by atoms with E-state index >= 15 is 0 Å². The van der Waals surface area contributed by atoms with Gasteiger partial charge in [0.2, 0.25) is 0 Å². The second kappa shape index (κ2) is 3.74. The fraction of sp³-hybridized carbons (Fsp3) is 0.333. The van der Waals surface area contributed by atoms with Crippen LogP contribution in [-0.4, -0.2) is 20.8 Å². The molecule has 0 aliphatic carbocycles. The van der Waals surface area contributed by atoms with Gasteiger partial charge in [-0.15, -0.1) is 0 Å². The third-order valence-corrected chi connectivity index (χ3v) is 2.07. The molecule has 0 saturated heterocycles. The first kappa shape index (κ1) is 9.30. The van der Waals surface area contributed by atoms with Crippen molar-refractivity contribution < 1.29 is 5.21 Å². The van der Waals surface area contributed by atoms with Crippen LogP contribution in [0.25, 0.3) is 0 Å². The highest BCUT2D eigenvalue weighted by Gasteiger charge is 2.09. The molecule has 1 aromatic heterocycles. The number of halogens is 1. The summed E-state index contributed by atoms with van der Waals surface area (Å²) >= 11 is 2.14. The van der Waals surface area contributed by atoms with Crippen LogP contribution in [-0.2, 0) is 0 Å². The maximum absolute atomic E-state index is 8.39. The van der Waals surface area contributed by atoms with Crippen molar-refractivity contribution in [1.29, 1.82) is 0 Å². The van der Waals surface area contributed by atoms with Crippen molar-refractivity contribution in [1.82, 2.24) is 9.78 Å². The molecule has 0 spiro atoms. The molecule has 0 saturated carbocycles. The number of rotatable bonds is 2. The van der Waals surface area contributed by atoms with E-state index in [1.165, 1.54) is 0 Å². The number of hydrogen-bond acceptors (Lipinski definition) is 3. The summed E-state index contributed by atoms with van der Waals surface area (Å²) in [6.07, 6.45) is 3.53. The number of hydrogen-bond donors (Lipinski definition) is 2. The largest absolute Gasteiger partial charge is 0.409 e. The minimum atomic E-state index is -0.210. The Labute approximate surface area is 83.4 Å². The molecule has 1 atom stereocenters. The van der Waals surface area contributed by atoms with Crippen molar-refractivity contribution in [3.63, 3.8) is 0 Å². The van der Waals surface area contributed by atoms with Crippen LogP contribution >= 0.6 is 22.6 Å². The molecule has 0 aliphatic rings. The smallest absolute Gasteiger partial charge is 0.163 e. The quantitative estimate of drug-likeness (QED) is 0.276. The van der Waals surface area contributed by atoms with Gasteiger partial charge >= 0.3 is 0 Å². The molecular weight excluding hydrogens is 271 g/mol. The molecule has 0 aromatic carbocycles. The summed E-state index contributed by atoms with van der Waals surface area (Å²) in [6, 6.07) is -0.210. The van der Waals surface area contributed by atoms with E-state index in [1.54, 1.807) is 17.8 Å². The average Bonchev–Trinajstić information content (AvgIpc) is 2.49. The predicted molar refractivity (Wildman–Crippen MR) is 53.1 cm³/mol. The van der Waals surface area contributed by atoms with E-state index < -0.39 is 0 Å². The maximum Gasteiger partial charge on any atom is 0.163 e. The van der Waals surface area contributed by atoms with Gasteiger partial charge in [0.25, 0.3) is 0 Å². The van der Waals surface area contributed by atoms with Gasteiger partial charge < -0.3 is 10.9 Å². The molecule has 0 fully saturated rings. The van der Waals surface area contributed by atoms with Crippen LogP contribution in [0.1, 0.15) is 13.0 Å². The molecule has 1 heterocycles. The molecule has 1 rings (SSSR count). The van der Waals surface area contributed by atoms with E-state index in [-0.39, 0.29) is 11.9 Å². The summed E-state index contributed by atoms with van der Waals surface area (Å²) < 4.78 is 2.65. The summed E-state index contributed by atoms with van der Waals surface area (Å²) in [5, 5.41) is 15.3. The second-order valence-corrected chi connectivity index (χ2v) is 3.59. The number of amidine groups is 1. The zero-order valence-electron chi connectivity index (χ0n) is 6.48. The Kier molecular flexibility index (Phi) is 2.90. The van der Waals surface area contributed by atoms with Crippen molar-refractivity contribution in [2.75, 3.05) is 0 Å². The molecule has 12 heavy (non-hydrogen) atoms. The van der Waals surface area contributed by atoms with Crippen molar-refractivity contribution in [2.24, 2.45) is 10.9 Å². The van der Waals surface area contributed by atoms with Gasteiger partial charge in [-0.05, 0) is 29.5 Å². The molecule has 1 aromatic rings. The Morgan fingerprint density at radius 1 is 1.92 bits per heavy atom. The minimum Gasteiger partial charge on any atom is -0.409 e. The van der Waals surface area contributed by atoms with E-state index in [0.29, 0.717) is 0 Å². The van der Waals surface area contributed by atoms with Gasteiger partial charge in [-0.2, -0.15) is 5.10 Å². The minimum absolute atomic E-state index is 0.148. The van der Waals surface area contributed by atoms with Crippen molar-refractivity contribution >= 4 is 28.4 Å². The number of nitrogens with two attached hydrogens (primary N) is 1. The standard InChI is InChI=1S/C6H9IN4O/c1-4(6(8)10-12)11-3-5(7)2-9-11/h2-4,12H,1H3,(H2,8,10). The summed E-state index contributed by atoms with van der Waals surface area (Å²) in [5.74, 6) is 0.148. The maximum atomic E-state index is 8.39. The first-order valence-corrected chi connectivity index (χ1v) is 4.40. The highest BCUT2D eigenvalue weighted by Crippen LogP contribution is 2.07. The van der Waals surface area contributed by atoms with E-state index in [9.17, 15) is 0 Å². The second-order valence-electron chi connectivity index (χ2n) is 2.34. The fourth-order valence-corrected chi connectivity index (χ4v) is 1.16. The van der Waals surface area contributed by atoms with Crippen LogP contribution in [0, 0.1) is 3.57 Å². The Morgan fingerprint density at radius 2 is 2.58 bits per heavy atom. The van der Waals surface area contributed by atoms with E-state index in [1.807, 2.05) is 6.20 Å². The molecule has 0 radical (unpaired) electrons. The van der Waals surface area contributed by atoms with Crippen LogP contribution in [0.3, 0.4) is 0 Å². The Balaban J connectivity index is 2.85. The molecule has 1 unspecified atom stereocenters. The van der Waals surface area contributed by atoms with Crippen molar-refractivity contribution in [3.8, 4) is 0 Å². The SMILES string of the molecule is CC(C(N)=NO)n1cc(I)cn1. The zero-order valence-corrected chi connectivity index (χ0v) is 8.63. The van der Waals surface area contributed by atoms with Gasteiger partial charge in [0.15, 0.2) is 5.84 Å². The molecule has 3 N–H and O–H groups in total. The van der Waals surface area contributed by atoms with E-state index in [4.69, 9.17) is 10.9 Å². The van der Waals surface area contributed by atoms with E-state index in [2.05, 4.69) is 32.8 Å². The molecule has 0 bridgehead atoms. The van der Waals surface area contributed by atoms with Crippen molar-refractivity contribution in [2.45, 2.75) is 13.0 Å². The molecular formula is C6H9IN4O. The number of oxime groups is 1. The molecule has 0 aliphatic heterocycles. The average molecular weight is 280 g/mol. The van der Waals surface area contributed by atoms with Crippen LogP contribution < -0.4 is 5.73 Å². The normalized spacial score (nSPS) is 14.7. The van der Waals surface area contributed by atoms with Crippen molar-refractivity contribution in [3.05, 3.63) is 16.0 Å². The first-order chi connectivity index (χ1) is 5.65. The lowest BCUT2D eigenvalue weighted by Crippen LogP contribution is -2.24.